The van der Waals surface area contributed by atoms with Crippen molar-refractivity contribution in [3.63, 3.8) is 0 Å². The largest absolute Gasteiger partial charge is 0.388 e. The van der Waals surface area contributed by atoms with Crippen molar-refractivity contribution in [2.45, 2.75) is 45.6 Å². The maximum Gasteiger partial charge on any atom is 0.123 e. The predicted octanol–water partition coefficient (Wildman–Crippen LogP) is 4.08. The first kappa shape index (κ1) is 13.2. The minimum absolute atomic E-state index is 0.254. The second kappa shape index (κ2) is 6.64. The Morgan fingerprint density at radius 2 is 1.75 bits per heavy atom. The fourth-order valence-corrected chi connectivity index (χ4v) is 1.93. The zero-order valence-corrected chi connectivity index (χ0v) is 10.1. The molecule has 2 heteroatoms. The molecule has 0 saturated heterocycles. The van der Waals surface area contributed by atoms with Crippen LogP contribution < -0.4 is 0 Å². The highest BCUT2D eigenvalue weighted by Gasteiger charge is 2.09. The molecule has 90 valence electrons. The molecule has 1 nitrogen and oxygen atoms in total. The second-order valence-corrected chi connectivity index (χ2v) is 4.54. The lowest BCUT2D eigenvalue weighted by Gasteiger charge is -2.14. The summed E-state index contributed by atoms with van der Waals surface area (Å²) in [5.74, 6) is 0.399. The summed E-state index contributed by atoms with van der Waals surface area (Å²) in [6, 6.07) is 6.11. The van der Waals surface area contributed by atoms with Crippen molar-refractivity contribution in [1.82, 2.24) is 0 Å². The van der Waals surface area contributed by atoms with Gasteiger partial charge in [-0.1, -0.05) is 38.8 Å². The molecule has 0 aromatic heterocycles. The molecule has 1 aromatic carbocycles. The molecule has 2 atom stereocenters. The topological polar surface area (TPSA) is 20.2 Å². The molecule has 0 unspecified atom stereocenters. The number of halogens is 1. The van der Waals surface area contributed by atoms with Crippen molar-refractivity contribution >= 4 is 0 Å². The van der Waals surface area contributed by atoms with Crippen molar-refractivity contribution in [3.05, 3.63) is 35.6 Å². The summed E-state index contributed by atoms with van der Waals surface area (Å²) < 4.78 is 12.7. The maximum absolute atomic E-state index is 12.7. The molecule has 0 aliphatic carbocycles. The van der Waals surface area contributed by atoms with E-state index in [-0.39, 0.29) is 5.82 Å². The van der Waals surface area contributed by atoms with Gasteiger partial charge in [-0.2, -0.15) is 0 Å². The van der Waals surface area contributed by atoms with Gasteiger partial charge in [-0.3, -0.25) is 0 Å². The van der Waals surface area contributed by atoms with Gasteiger partial charge in [0.05, 0.1) is 6.10 Å². The van der Waals surface area contributed by atoms with Crippen molar-refractivity contribution in [2.75, 3.05) is 0 Å². The molecule has 0 fully saturated rings. The highest BCUT2D eigenvalue weighted by Crippen LogP contribution is 2.22. The van der Waals surface area contributed by atoms with Crippen LogP contribution in [0.5, 0.6) is 0 Å². The molecule has 0 aliphatic heterocycles. The van der Waals surface area contributed by atoms with Crippen LogP contribution in [0, 0.1) is 11.7 Å². The fraction of sp³-hybridized carbons (Fsp3) is 0.571. The van der Waals surface area contributed by atoms with Gasteiger partial charge in [-0.15, -0.1) is 0 Å². The standard InChI is InChI=1S/C14H21FO/c1-3-4-11(2)5-10-14(16)12-6-8-13(15)9-7-12/h6-9,11,14,16H,3-5,10H2,1-2H3/t11-,14+/m1/s1. The van der Waals surface area contributed by atoms with E-state index >= 15 is 0 Å². The van der Waals surface area contributed by atoms with Crippen molar-refractivity contribution in [2.24, 2.45) is 5.92 Å². The van der Waals surface area contributed by atoms with E-state index in [1.165, 1.54) is 25.0 Å². The van der Waals surface area contributed by atoms with Crippen LogP contribution in [0.4, 0.5) is 4.39 Å². The van der Waals surface area contributed by atoms with Gasteiger partial charge < -0.3 is 5.11 Å². The van der Waals surface area contributed by atoms with Crippen LogP contribution in [-0.2, 0) is 0 Å². The maximum atomic E-state index is 12.7. The Labute approximate surface area is 97.3 Å². The van der Waals surface area contributed by atoms with Gasteiger partial charge in [0.1, 0.15) is 5.82 Å². The lowest BCUT2D eigenvalue weighted by molar-refractivity contribution is 0.157. The number of rotatable bonds is 6. The number of aliphatic hydroxyl groups excluding tert-OH is 1. The van der Waals surface area contributed by atoms with Crippen LogP contribution in [0.3, 0.4) is 0 Å². The zero-order valence-electron chi connectivity index (χ0n) is 10.1. The third-order valence-corrected chi connectivity index (χ3v) is 2.97. The van der Waals surface area contributed by atoms with Gasteiger partial charge in [0.15, 0.2) is 0 Å². The number of hydrogen-bond acceptors (Lipinski definition) is 1. The molecule has 1 aromatic rings. The quantitative estimate of drug-likeness (QED) is 0.772. The van der Waals surface area contributed by atoms with Crippen molar-refractivity contribution in [1.29, 1.82) is 0 Å². The van der Waals surface area contributed by atoms with E-state index in [2.05, 4.69) is 13.8 Å². The Hall–Kier alpha value is -0.890. The average Bonchev–Trinajstić information content (AvgIpc) is 2.27. The first-order valence-corrected chi connectivity index (χ1v) is 6.07. The minimum Gasteiger partial charge on any atom is -0.388 e. The Morgan fingerprint density at radius 1 is 1.12 bits per heavy atom. The molecule has 0 bridgehead atoms. The average molecular weight is 224 g/mol. The summed E-state index contributed by atoms with van der Waals surface area (Å²) in [6.45, 7) is 4.38. The number of aliphatic hydroxyl groups is 1. The van der Waals surface area contributed by atoms with Crippen molar-refractivity contribution < 1.29 is 9.50 Å². The zero-order chi connectivity index (χ0) is 12.0. The van der Waals surface area contributed by atoms with Crippen LogP contribution in [0.1, 0.15) is 51.2 Å². The minimum atomic E-state index is -0.458. The molecular weight excluding hydrogens is 203 g/mol. The molecule has 0 aliphatic rings. The Balaban J connectivity index is 2.40. The predicted molar refractivity (Wildman–Crippen MR) is 64.7 cm³/mol. The molecule has 1 rings (SSSR count). The smallest absolute Gasteiger partial charge is 0.123 e. The summed E-state index contributed by atoms with van der Waals surface area (Å²) in [7, 11) is 0. The fourth-order valence-electron chi connectivity index (χ4n) is 1.93. The lowest BCUT2D eigenvalue weighted by atomic mass is 9.96. The van der Waals surface area contributed by atoms with Crippen LogP contribution >= 0.6 is 0 Å². The third-order valence-electron chi connectivity index (χ3n) is 2.97. The normalized spacial score (nSPS) is 14.8. The lowest BCUT2D eigenvalue weighted by Crippen LogP contribution is -2.01. The molecule has 0 saturated carbocycles. The van der Waals surface area contributed by atoms with Gasteiger partial charge >= 0.3 is 0 Å². The first-order valence-electron chi connectivity index (χ1n) is 6.07. The third kappa shape index (κ3) is 4.31. The highest BCUT2D eigenvalue weighted by atomic mass is 19.1. The van der Waals surface area contributed by atoms with Gasteiger partial charge in [-0.25, -0.2) is 4.39 Å². The van der Waals surface area contributed by atoms with E-state index in [0.717, 1.165) is 18.4 Å². The monoisotopic (exact) mass is 224 g/mol. The Kier molecular flexibility index (Phi) is 5.47. The van der Waals surface area contributed by atoms with Crippen molar-refractivity contribution in [3.8, 4) is 0 Å². The Bertz CT molecular complexity index is 294. The van der Waals surface area contributed by atoms with E-state index in [1.807, 2.05) is 0 Å². The van der Waals surface area contributed by atoms with Crippen LogP contribution in [-0.4, -0.2) is 5.11 Å². The van der Waals surface area contributed by atoms with E-state index in [9.17, 15) is 9.50 Å². The summed E-state index contributed by atoms with van der Waals surface area (Å²) in [6.07, 6.45) is 3.71. The van der Waals surface area contributed by atoms with Crippen LogP contribution in [0.15, 0.2) is 24.3 Å². The van der Waals surface area contributed by atoms with Crippen LogP contribution in [0.25, 0.3) is 0 Å². The van der Waals surface area contributed by atoms with E-state index in [1.54, 1.807) is 12.1 Å². The molecule has 0 heterocycles. The van der Waals surface area contributed by atoms with E-state index < -0.39 is 6.10 Å². The number of hydrogen-bond donors (Lipinski definition) is 1. The summed E-state index contributed by atoms with van der Waals surface area (Å²) in [5, 5.41) is 9.91. The molecule has 0 amide bonds. The van der Waals surface area contributed by atoms with Gasteiger partial charge in [0.2, 0.25) is 0 Å². The highest BCUT2D eigenvalue weighted by molar-refractivity contribution is 5.18. The second-order valence-electron chi connectivity index (χ2n) is 4.54. The SMILES string of the molecule is CCC[C@@H](C)CC[C@H](O)c1ccc(F)cc1. The molecular formula is C14H21FO. The molecule has 0 spiro atoms. The summed E-state index contributed by atoms with van der Waals surface area (Å²) in [5.41, 5.74) is 0.810. The van der Waals surface area contributed by atoms with E-state index in [4.69, 9.17) is 0 Å². The molecule has 1 N–H and O–H groups in total. The summed E-state index contributed by atoms with van der Waals surface area (Å²) >= 11 is 0. The molecule has 16 heavy (non-hydrogen) atoms. The van der Waals surface area contributed by atoms with Gasteiger partial charge in [0.25, 0.3) is 0 Å². The van der Waals surface area contributed by atoms with Crippen LogP contribution in [0.2, 0.25) is 0 Å². The van der Waals surface area contributed by atoms with Gasteiger partial charge in [-0.05, 0) is 36.5 Å². The van der Waals surface area contributed by atoms with E-state index in [0.29, 0.717) is 5.92 Å². The summed E-state index contributed by atoms with van der Waals surface area (Å²) in [4.78, 5) is 0. The first-order chi connectivity index (χ1) is 7.63. The molecule has 0 radical (unpaired) electrons. The Morgan fingerprint density at radius 3 is 2.31 bits per heavy atom. The number of benzene rings is 1. The van der Waals surface area contributed by atoms with Gasteiger partial charge in [0, 0.05) is 0 Å².